The van der Waals surface area contributed by atoms with E-state index in [1.165, 1.54) is 0 Å². The molecular formula is C16H22N4O2S2. The van der Waals surface area contributed by atoms with Crippen molar-refractivity contribution in [2.24, 2.45) is 4.99 Å². The SMILES string of the molecule is CN=C(NCCS(=O)(=O)c1ccccc1)NCc1sc(C)nc1C. The molecule has 6 nitrogen and oxygen atoms in total. The number of benzene rings is 1. The Morgan fingerprint density at radius 1 is 1.21 bits per heavy atom. The average Bonchev–Trinajstić information content (AvgIpc) is 2.89. The van der Waals surface area contributed by atoms with Crippen LogP contribution < -0.4 is 10.6 Å². The van der Waals surface area contributed by atoms with Gasteiger partial charge in [-0.2, -0.15) is 0 Å². The largest absolute Gasteiger partial charge is 0.355 e. The van der Waals surface area contributed by atoms with Crippen LogP contribution in [0.15, 0.2) is 40.2 Å². The van der Waals surface area contributed by atoms with Crippen LogP contribution in [0.5, 0.6) is 0 Å². The van der Waals surface area contributed by atoms with E-state index < -0.39 is 9.84 Å². The lowest BCUT2D eigenvalue weighted by atomic mass is 10.4. The number of sulfone groups is 1. The van der Waals surface area contributed by atoms with Gasteiger partial charge >= 0.3 is 0 Å². The van der Waals surface area contributed by atoms with Crippen LogP contribution in [0, 0.1) is 13.8 Å². The van der Waals surface area contributed by atoms with Crippen LogP contribution in [-0.4, -0.2) is 38.7 Å². The van der Waals surface area contributed by atoms with Crippen molar-refractivity contribution in [3.8, 4) is 0 Å². The number of aryl methyl sites for hydroxylation is 2. The van der Waals surface area contributed by atoms with Crippen molar-refractivity contribution in [2.45, 2.75) is 25.3 Å². The molecule has 8 heteroatoms. The third-order valence-corrected chi connectivity index (χ3v) is 6.21. The number of aromatic nitrogens is 1. The zero-order valence-corrected chi connectivity index (χ0v) is 15.7. The van der Waals surface area contributed by atoms with Crippen molar-refractivity contribution < 1.29 is 8.42 Å². The van der Waals surface area contributed by atoms with Gasteiger partial charge in [-0.15, -0.1) is 11.3 Å². The molecule has 0 aliphatic heterocycles. The fourth-order valence-corrected chi connectivity index (χ4v) is 4.23. The fourth-order valence-electron chi connectivity index (χ4n) is 2.17. The van der Waals surface area contributed by atoms with Gasteiger partial charge in [0, 0.05) is 18.5 Å². The van der Waals surface area contributed by atoms with Crippen molar-refractivity contribution in [3.63, 3.8) is 0 Å². The summed E-state index contributed by atoms with van der Waals surface area (Å²) in [5, 5.41) is 7.25. The highest BCUT2D eigenvalue weighted by Crippen LogP contribution is 2.16. The van der Waals surface area contributed by atoms with Gasteiger partial charge in [-0.3, -0.25) is 4.99 Å². The fraction of sp³-hybridized carbons (Fsp3) is 0.375. The molecule has 2 aromatic rings. The van der Waals surface area contributed by atoms with Crippen LogP contribution in [0.2, 0.25) is 0 Å². The van der Waals surface area contributed by atoms with E-state index in [9.17, 15) is 8.42 Å². The number of thiazole rings is 1. The highest BCUT2D eigenvalue weighted by molar-refractivity contribution is 7.91. The van der Waals surface area contributed by atoms with Crippen LogP contribution in [0.3, 0.4) is 0 Å². The summed E-state index contributed by atoms with van der Waals surface area (Å²) in [6, 6.07) is 8.46. The molecule has 1 aromatic heterocycles. The maximum absolute atomic E-state index is 12.2. The molecule has 0 unspecified atom stereocenters. The van der Waals surface area contributed by atoms with Gasteiger partial charge < -0.3 is 10.6 Å². The van der Waals surface area contributed by atoms with Gasteiger partial charge in [0.2, 0.25) is 0 Å². The summed E-state index contributed by atoms with van der Waals surface area (Å²) in [7, 11) is -1.63. The summed E-state index contributed by atoms with van der Waals surface area (Å²) in [5.74, 6) is 0.583. The molecule has 0 spiro atoms. The number of hydrogen-bond acceptors (Lipinski definition) is 5. The Balaban J connectivity index is 1.85. The van der Waals surface area contributed by atoms with Gasteiger partial charge in [0.15, 0.2) is 15.8 Å². The second-order valence-corrected chi connectivity index (χ2v) is 8.62. The number of rotatable bonds is 6. The standard InChI is InChI=1S/C16H22N4O2S2/c1-12-15(23-13(2)20-12)11-19-16(17-3)18-9-10-24(21,22)14-7-5-4-6-8-14/h4-8H,9-11H2,1-3H3,(H2,17,18,19). The van der Waals surface area contributed by atoms with Gasteiger partial charge in [0.1, 0.15) is 0 Å². The quantitative estimate of drug-likeness (QED) is 0.603. The van der Waals surface area contributed by atoms with E-state index in [0.717, 1.165) is 15.6 Å². The van der Waals surface area contributed by atoms with Gasteiger partial charge in [-0.1, -0.05) is 18.2 Å². The van der Waals surface area contributed by atoms with Crippen molar-refractivity contribution in [2.75, 3.05) is 19.3 Å². The molecule has 0 fully saturated rings. The predicted octanol–water partition coefficient (Wildman–Crippen LogP) is 1.90. The van der Waals surface area contributed by atoms with Crippen molar-refractivity contribution in [1.29, 1.82) is 0 Å². The monoisotopic (exact) mass is 366 g/mol. The zero-order valence-electron chi connectivity index (χ0n) is 14.0. The molecule has 0 saturated heterocycles. The first-order valence-electron chi connectivity index (χ1n) is 7.57. The lowest BCUT2D eigenvalue weighted by Crippen LogP contribution is -2.39. The minimum Gasteiger partial charge on any atom is -0.355 e. The van der Waals surface area contributed by atoms with E-state index in [0.29, 0.717) is 17.4 Å². The van der Waals surface area contributed by atoms with Gasteiger partial charge in [0.05, 0.1) is 27.9 Å². The van der Waals surface area contributed by atoms with E-state index >= 15 is 0 Å². The smallest absolute Gasteiger partial charge is 0.191 e. The maximum atomic E-state index is 12.2. The van der Waals surface area contributed by atoms with Gasteiger partial charge in [-0.25, -0.2) is 13.4 Å². The third kappa shape index (κ3) is 5.04. The first-order valence-corrected chi connectivity index (χ1v) is 10.0. The summed E-state index contributed by atoms with van der Waals surface area (Å²) < 4.78 is 24.4. The number of nitrogens with one attached hydrogen (secondary N) is 2. The van der Waals surface area contributed by atoms with E-state index in [4.69, 9.17) is 0 Å². The van der Waals surface area contributed by atoms with Crippen LogP contribution in [-0.2, 0) is 16.4 Å². The third-order valence-electron chi connectivity index (χ3n) is 3.41. The molecule has 0 aliphatic rings. The second kappa shape index (κ2) is 8.25. The topological polar surface area (TPSA) is 83.5 Å². The summed E-state index contributed by atoms with van der Waals surface area (Å²) in [5.41, 5.74) is 1.01. The molecule has 0 aliphatic carbocycles. The summed E-state index contributed by atoms with van der Waals surface area (Å²) in [4.78, 5) is 9.98. The molecule has 0 radical (unpaired) electrons. The molecule has 2 N–H and O–H groups in total. The minimum atomic E-state index is -3.29. The Morgan fingerprint density at radius 3 is 2.50 bits per heavy atom. The molecule has 130 valence electrons. The second-order valence-electron chi connectivity index (χ2n) is 5.23. The van der Waals surface area contributed by atoms with E-state index in [1.54, 1.807) is 48.7 Å². The molecule has 2 rings (SSSR count). The van der Waals surface area contributed by atoms with Gasteiger partial charge in [-0.05, 0) is 26.0 Å². The first kappa shape index (κ1) is 18.4. The Morgan fingerprint density at radius 2 is 1.92 bits per heavy atom. The maximum Gasteiger partial charge on any atom is 0.191 e. The number of guanidine groups is 1. The summed E-state index contributed by atoms with van der Waals surface area (Å²) >= 11 is 1.64. The lowest BCUT2D eigenvalue weighted by Gasteiger charge is -2.11. The molecule has 0 amide bonds. The van der Waals surface area contributed by atoms with Gasteiger partial charge in [0.25, 0.3) is 0 Å². The van der Waals surface area contributed by atoms with Crippen LogP contribution in [0.1, 0.15) is 15.6 Å². The molecule has 1 aromatic carbocycles. The number of aliphatic imine (C=N–C) groups is 1. The highest BCUT2D eigenvalue weighted by atomic mass is 32.2. The number of hydrogen-bond donors (Lipinski definition) is 2. The van der Waals surface area contributed by atoms with Crippen molar-refractivity contribution >= 4 is 27.1 Å². The Kier molecular flexibility index (Phi) is 6.33. The van der Waals surface area contributed by atoms with Crippen LogP contribution in [0.25, 0.3) is 0 Å². The number of nitrogens with zero attached hydrogens (tertiary/aromatic N) is 2. The highest BCUT2D eigenvalue weighted by Gasteiger charge is 2.13. The molecule has 0 atom stereocenters. The molecule has 1 heterocycles. The van der Waals surface area contributed by atoms with Crippen molar-refractivity contribution in [1.82, 2.24) is 15.6 Å². The Hall–Kier alpha value is -1.93. The summed E-state index contributed by atoms with van der Waals surface area (Å²) in [6.07, 6.45) is 0. The minimum absolute atomic E-state index is 0.0103. The van der Waals surface area contributed by atoms with Crippen LogP contribution >= 0.6 is 11.3 Å². The molecule has 0 saturated carbocycles. The van der Waals surface area contributed by atoms with Crippen LogP contribution in [0.4, 0.5) is 0 Å². The summed E-state index contributed by atoms with van der Waals surface area (Å²) in [6.45, 7) is 4.85. The zero-order chi connectivity index (χ0) is 17.6. The van der Waals surface area contributed by atoms with E-state index in [2.05, 4.69) is 20.6 Å². The molecular weight excluding hydrogens is 344 g/mol. The Bertz CT molecular complexity index is 799. The van der Waals surface area contributed by atoms with Crippen molar-refractivity contribution in [3.05, 3.63) is 45.9 Å². The lowest BCUT2D eigenvalue weighted by molar-refractivity contribution is 0.594. The first-order chi connectivity index (χ1) is 11.4. The van der Waals surface area contributed by atoms with E-state index in [1.807, 2.05) is 13.8 Å². The Labute approximate surface area is 147 Å². The van der Waals surface area contributed by atoms with E-state index in [-0.39, 0.29) is 12.3 Å². The predicted molar refractivity (Wildman–Crippen MR) is 98.3 cm³/mol. The molecule has 24 heavy (non-hydrogen) atoms. The normalized spacial score (nSPS) is 12.2. The average molecular weight is 367 g/mol. The molecule has 0 bridgehead atoms.